The molecule has 0 spiro atoms. The third kappa shape index (κ3) is 4.55. The minimum absolute atomic E-state index is 0.144. The lowest BCUT2D eigenvalue weighted by molar-refractivity contribution is -0.120. The van der Waals surface area contributed by atoms with Gasteiger partial charge in [-0.05, 0) is 51.5 Å². The van der Waals surface area contributed by atoms with E-state index in [4.69, 9.17) is 5.73 Å². The normalized spacial score (nSPS) is 12.2. The van der Waals surface area contributed by atoms with E-state index >= 15 is 0 Å². The molecule has 0 saturated heterocycles. The van der Waals surface area contributed by atoms with E-state index < -0.39 is 27.0 Å². The molecular formula is C13H20N2O3S. The number of carbonyl (C=O) groups is 1. The van der Waals surface area contributed by atoms with Gasteiger partial charge in [0.25, 0.3) is 0 Å². The lowest BCUT2D eigenvalue weighted by atomic mass is 10.1. The Morgan fingerprint density at radius 1 is 1.32 bits per heavy atom. The third-order valence-electron chi connectivity index (χ3n) is 2.37. The number of nitrogens with two attached hydrogens (primary N) is 1. The molecule has 0 fully saturated rings. The second kappa shape index (κ2) is 5.21. The summed E-state index contributed by atoms with van der Waals surface area (Å²) in [5.74, 6) is -1.07. The Hall–Kier alpha value is -1.56. The Kier molecular flexibility index (Phi) is 4.25. The number of sulfone groups is 1. The number of rotatable bonds is 3. The lowest BCUT2D eigenvalue weighted by Crippen LogP contribution is -2.43. The number of aryl methyl sites for hydroxylation is 1. The number of amides is 1. The predicted octanol–water partition coefficient (Wildman–Crippen LogP) is 1.27. The van der Waals surface area contributed by atoms with Gasteiger partial charge >= 0.3 is 0 Å². The molecule has 1 aromatic rings. The first-order chi connectivity index (χ1) is 8.51. The quantitative estimate of drug-likeness (QED) is 0.818. The molecule has 6 heteroatoms. The van der Waals surface area contributed by atoms with Crippen molar-refractivity contribution >= 4 is 21.4 Å². The van der Waals surface area contributed by atoms with Crippen LogP contribution in [0.3, 0.4) is 0 Å². The fourth-order valence-electron chi connectivity index (χ4n) is 1.73. The minimum Gasteiger partial charge on any atom is -0.399 e. The molecule has 0 unspecified atom stereocenters. The number of hydrogen-bond donors (Lipinski definition) is 2. The maximum atomic E-state index is 12.2. The van der Waals surface area contributed by atoms with Crippen LogP contribution in [-0.2, 0) is 14.6 Å². The highest BCUT2D eigenvalue weighted by Gasteiger charge is 2.23. The average molecular weight is 284 g/mol. The summed E-state index contributed by atoms with van der Waals surface area (Å²) in [6.07, 6.45) is 0. The van der Waals surface area contributed by atoms with Crippen LogP contribution in [0.2, 0.25) is 0 Å². The van der Waals surface area contributed by atoms with Crippen molar-refractivity contribution in [3.8, 4) is 0 Å². The van der Waals surface area contributed by atoms with Gasteiger partial charge < -0.3 is 11.1 Å². The van der Waals surface area contributed by atoms with Crippen LogP contribution in [0.25, 0.3) is 0 Å². The second-order valence-corrected chi connectivity index (χ2v) is 7.54. The van der Waals surface area contributed by atoms with E-state index in [1.54, 1.807) is 33.8 Å². The topological polar surface area (TPSA) is 89.3 Å². The Bertz CT molecular complexity index is 586. The molecule has 0 heterocycles. The number of benzene rings is 1. The van der Waals surface area contributed by atoms with Crippen LogP contribution in [0.15, 0.2) is 23.1 Å². The number of anilines is 1. The molecule has 0 aliphatic rings. The fraction of sp³-hybridized carbons (Fsp3) is 0.462. The van der Waals surface area contributed by atoms with Gasteiger partial charge in [0.05, 0.1) is 4.90 Å². The zero-order valence-corrected chi connectivity index (χ0v) is 12.5. The number of nitrogen functional groups attached to an aromatic ring is 1. The predicted molar refractivity (Wildman–Crippen MR) is 75.5 cm³/mol. The van der Waals surface area contributed by atoms with E-state index in [2.05, 4.69) is 5.32 Å². The summed E-state index contributed by atoms with van der Waals surface area (Å²) >= 11 is 0. The molecule has 0 aliphatic carbocycles. The van der Waals surface area contributed by atoms with Crippen LogP contribution < -0.4 is 11.1 Å². The number of nitrogens with one attached hydrogen (secondary N) is 1. The van der Waals surface area contributed by atoms with Gasteiger partial charge in [-0.2, -0.15) is 0 Å². The van der Waals surface area contributed by atoms with Crippen molar-refractivity contribution in [2.24, 2.45) is 0 Å². The maximum absolute atomic E-state index is 12.2. The summed E-state index contributed by atoms with van der Waals surface area (Å²) < 4.78 is 24.3. The first-order valence-corrected chi connectivity index (χ1v) is 7.56. The van der Waals surface area contributed by atoms with Crippen molar-refractivity contribution in [1.82, 2.24) is 5.32 Å². The zero-order chi connectivity index (χ0) is 14.8. The molecule has 0 saturated carbocycles. The molecule has 0 atom stereocenters. The molecule has 1 rings (SSSR count). The highest BCUT2D eigenvalue weighted by molar-refractivity contribution is 7.92. The second-order valence-electron chi connectivity index (χ2n) is 5.58. The first kappa shape index (κ1) is 15.5. The van der Waals surface area contributed by atoms with Gasteiger partial charge in [0.15, 0.2) is 9.84 Å². The Labute approximate surface area is 114 Å². The van der Waals surface area contributed by atoms with Gasteiger partial charge in [-0.3, -0.25) is 4.79 Å². The van der Waals surface area contributed by atoms with Crippen molar-refractivity contribution in [2.75, 3.05) is 11.5 Å². The fourth-order valence-corrected chi connectivity index (χ4v) is 3.12. The molecule has 1 aromatic carbocycles. The van der Waals surface area contributed by atoms with Crippen molar-refractivity contribution in [3.05, 3.63) is 23.8 Å². The SMILES string of the molecule is Cc1cc(N)ccc1S(=O)(=O)CC(=O)NC(C)(C)C. The summed E-state index contributed by atoms with van der Waals surface area (Å²) in [5.41, 5.74) is 6.17. The van der Waals surface area contributed by atoms with Crippen LogP contribution in [0.5, 0.6) is 0 Å². The van der Waals surface area contributed by atoms with Crippen molar-refractivity contribution in [2.45, 2.75) is 38.1 Å². The van der Waals surface area contributed by atoms with Gasteiger partial charge in [0, 0.05) is 11.2 Å². The van der Waals surface area contributed by atoms with E-state index in [1.165, 1.54) is 12.1 Å². The largest absolute Gasteiger partial charge is 0.399 e. The van der Waals surface area contributed by atoms with Crippen LogP contribution in [-0.4, -0.2) is 25.6 Å². The van der Waals surface area contributed by atoms with Gasteiger partial charge in [-0.1, -0.05) is 0 Å². The highest BCUT2D eigenvalue weighted by Crippen LogP contribution is 2.19. The van der Waals surface area contributed by atoms with Crippen molar-refractivity contribution in [1.29, 1.82) is 0 Å². The Morgan fingerprint density at radius 2 is 1.89 bits per heavy atom. The molecular weight excluding hydrogens is 264 g/mol. The molecule has 0 aliphatic heterocycles. The van der Waals surface area contributed by atoms with E-state index in [0.717, 1.165) is 0 Å². The number of carbonyl (C=O) groups excluding carboxylic acids is 1. The molecule has 0 aromatic heterocycles. The summed E-state index contributed by atoms with van der Waals surface area (Å²) in [4.78, 5) is 11.9. The zero-order valence-electron chi connectivity index (χ0n) is 11.6. The lowest BCUT2D eigenvalue weighted by Gasteiger charge is -2.20. The van der Waals surface area contributed by atoms with E-state index in [-0.39, 0.29) is 4.90 Å². The molecule has 1 amide bonds. The summed E-state index contributed by atoms with van der Waals surface area (Å²) in [7, 11) is -3.65. The van der Waals surface area contributed by atoms with Crippen molar-refractivity contribution < 1.29 is 13.2 Å². The molecule has 5 nitrogen and oxygen atoms in total. The molecule has 106 valence electrons. The average Bonchev–Trinajstić information content (AvgIpc) is 2.11. The van der Waals surface area contributed by atoms with Gasteiger partial charge in [-0.25, -0.2) is 8.42 Å². The Morgan fingerprint density at radius 3 is 2.37 bits per heavy atom. The minimum atomic E-state index is -3.65. The summed E-state index contributed by atoms with van der Waals surface area (Å²) in [6, 6.07) is 4.53. The third-order valence-corrected chi connectivity index (χ3v) is 4.14. The van der Waals surface area contributed by atoms with Gasteiger partial charge in [-0.15, -0.1) is 0 Å². The van der Waals surface area contributed by atoms with Crippen LogP contribution in [0.4, 0.5) is 5.69 Å². The van der Waals surface area contributed by atoms with Gasteiger partial charge in [0.1, 0.15) is 5.75 Å². The maximum Gasteiger partial charge on any atom is 0.235 e. The van der Waals surface area contributed by atoms with Crippen LogP contribution in [0.1, 0.15) is 26.3 Å². The van der Waals surface area contributed by atoms with Crippen LogP contribution in [0, 0.1) is 6.92 Å². The van der Waals surface area contributed by atoms with Crippen LogP contribution >= 0.6 is 0 Å². The standard InChI is InChI=1S/C13H20N2O3S/c1-9-7-10(14)5-6-11(9)19(17,18)8-12(16)15-13(2,3)4/h5-7H,8,14H2,1-4H3,(H,15,16). The number of hydrogen-bond acceptors (Lipinski definition) is 4. The van der Waals surface area contributed by atoms with Crippen molar-refractivity contribution in [3.63, 3.8) is 0 Å². The monoisotopic (exact) mass is 284 g/mol. The summed E-state index contributed by atoms with van der Waals surface area (Å²) in [5, 5.41) is 2.63. The Balaban J connectivity index is 2.96. The van der Waals surface area contributed by atoms with E-state index in [0.29, 0.717) is 11.3 Å². The van der Waals surface area contributed by atoms with Gasteiger partial charge in [0.2, 0.25) is 5.91 Å². The smallest absolute Gasteiger partial charge is 0.235 e. The molecule has 0 radical (unpaired) electrons. The molecule has 19 heavy (non-hydrogen) atoms. The first-order valence-electron chi connectivity index (χ1n) is 5.91. The highest BCUT2D eigenvalue weighted by atomic mass is 32.2. The van der Waals surface area contributed by atoms with E-state index in [1.807, 2.05) is 0 Å². The molecule has 3 N–H and O–H groups in total. The molecule has 0 bridgehead atoms. The summed E-state index contributed by atoms with van der Waals surface area (Å²) in [6.45, 7) is 7.05. The van der Waals surface area contributed by atoms with E-state index in [9.17, 15) is 13.2 Å².